The van der Waals surface area contributed by atoms with Gasteiger partial charge in [-0.15, -0.1) is 0 Å². The first-order valence-corrected chi connectivity index (χ1v) is 10.5. The first-order valence-electron chi connectivity index (χ1n) is 10.1. The second-order valence-corrected chi connectivity index (χ2v) is 7.89. The Labute approximate surface area is 196 Å². The summed E-state index contributed by atoms with van der Waals surface area (Å²) in [5, 5.41) is -0.0289. The number of likely N-dealkylation sites (N-methyl/N-ethyl adjacent to an activating group) is 1. The van der Waals surface area contributed by atoms with Crippen LogP contribution in [-0.4, -0.2) is 25.8 Å². The Balaban J connectivity index is 1.62. The van der Waals surface area contributed by atoms with Crippen LogP contribution in [0, 0.1) is 17.7 Å². The van der Waals surface area contributed by atoms with Crippen LogP contribution in [0.4, 0.5) is 10.1 Å². The Morgan fingerprint density at radius 1 is 1.06 bits per heavy atom. The molecule has 3 aromatic carbocycles. The van der Waals surface area contributed by atoms with E-state index in [0.717, 1.165) is 11.3 Å². The Kier molecular flexibility index (Phi) is 6.30. The van der Waals surface area contributed by atoms with E-state index in [0.29, 0.717) is 28.8 Å². The number of carbonyl (C=O) groups is 2. The molecular formula is C27H19ClFNO3. The van der Waals surface area contributed by atoms with Crippen LogP contribution in [0.2, 0.25) is 5.02 Å². The van der Waals surface area contributed by atoms with Gasteiger partial charge in [0.15, 0.2) is 0 Å². The fourth-order valence-electron chi connectivity index (χ4n) is 3.51. The molecule has 3 aromatic rings. The number of hydrogen-bond donors (Lipinski definition) is 0. The van der Waals surface area contributed by atoms with Gasteiger partial charge >= 0.3 is 0 Å². The zero-order chi connectivity index (χ0) is 23.5. The maximum Gasteiger partial charge on any atom is 0.262 e. The number of anilines is 1. The Bertz CT molecular complexity index is 1350. The largest absolute Gasteiger partial charge is 0.497 e. The molecule has 0 spiro atoms. The van der Waals surface area contributed by atoms with Crippen molar-refractivity contribution in [3.8, 4) is 17.6 Å². The lowest BCUT2D eigenvalue weighted by molar-refractivity contribution is -0.114. The van der Waals surface area contributed by atoms with E-state index in [-0.39, 0.29) is 10.6 Å². The summed E-state index contributed by atoms with van der Waals surface area (Å²) in [4.78, 5) is 27.3. The molecule has 0 radical (unpaired) electrons. The minimum atomic E-state index is -0.620. The number of nitrogens with zero attached hydrogens (tertiary/aromatic N) is 1. The smallest absolute Gasteiger partial charge is 0.262 e. The minimum absolute atomic E-state index is 0.0289. The van der Waals surface area contributed by atoms with E-state index in [1.54, 1.807) is 38.4 Å². The number of hydrogen-bond acceptors (Lipinski definition) is 3. The molecule has 33 heavy (non-hydrogen) atoms. The molecule has 0 bridgehead atoms. The highest BCUT2D eigenvalue weighted by Crippen LogP contribution is 2.31. The Morgan fingerprint density at radius 2 is 1.82 bits per heavy atom. The van der Waals surface area contributed by atoms with Crippen LogP contribution in [0.25, 0.3) is 6.08 Å². The molecule has 0 saturated carbocycles. The highest BCUT2D eigenvalue weighted by atomic mass is 35.5. The van der Waals surface area contributed by atoms with Gasteiger partial charge in [0.2, 0.25) is 5.78 Å². The quantitative estimate of drug-likeness (QED) is 0.302. The molecule has 0 unspecified atom stereocenters. The van der Waals surface area contributed by atoms with E-state index < -0.39 is 17.5 Å². The fourth-order valence-corrected chi connectivity index (χ4v) is 3.63. The average molecular weight is 460 g/mol. The number of halogens is 2. The third kappa shape index (κ3) is 4.67. The first-order chi connectivity index (χ1) is 15.9. The standard InChI is InChI=1S/C27H19ClFNO3/c1-30-25-13-9-18(5-3-4-17-6-10-20(33-2)11-7-17)14-21(25)26(31)22(27(30)32)15-19-8-12-23(28)24(29)16-19/h6-16H,4H2,1-2H3. The van der Waals surface area contributed by atoms with Gasteiger partial charge in [-0.05, 0) is 59.7 Å². The van der Waals surface area contributed by atoms with Crippen molar-refractivity contribution in [3.63, 3.8) is 0 Å². The van der Waals surface area contributed by atoms with Crippen molar-refractivity contribution >= 4 is 35.1 Å². The number of amides is 1. The lowest BCUT2D eigenvalue weighted by Crippen LogP contribution is -2.36. The van der Waals surface area contributed by atoms with Crippen molar-refractivity contribution in [1.82, 2.24) is 0 Å². The zero-order valence-electron chi connectivity index (χ0n) is 18.0. The topological polar surface area (TPSA) is 46.6 Å². The molecule has 0 aliphatic carbocycles. The predicted octanol–water partition coefficient (Wildman–Crippen LogP) is 5.32. The molecule has 0 fully saturated rings. The molecule has 0 aromatic heterocycles. The molecule has 1 aliphatic rings. The van der Waals surface area contributed by atoms with Crippen molar-refractivity contribution < 1.29 is 18.7 Å². The van der Waals surface area contributed by atoms with Gasteiger partial charge in [-0.1, -0.05) is 41.6 Å². The highest BCUT2D eigenvalue weighted by Gasteiger charge is 2.32. The molecule has 164 valence electrons. The van der Waals surface area contributed by atoms with Crippen LogP contribution in [0.15, 0.2) is 66.2 Å². The van der Waals surface area contributed by atoms with Gasteiger partial charge in [-0.3, -0.25) is 9.59 Å². The van der Waals surface area contributed by atoms with Crippen molar-refractivity contribution in [1.29, 1.82) is 0 Å². The van der Waals surface area contributed by atoms with E-state index in [1.807, 2.05) is 24.3 Å². The molecule has 0 atom stereocenters. The number of carbonyl (C=O) groups excluding carboxylic acids is 2. The average Bonchev–Trinajstić information content (AvgIpc) is 2.83. The molecule has 4 rings (SSSR count). The summed E-state index contributed by atoms with van der Waals surface area (Å²) in [6, 6.07) is 16.9. The van der Waals surface area contributed by atoms with Crippen molar-refractivity contribution in [2.24, 2.45) is 0 Å². The summed E-state index contributed by atoms with van der Waals surface area (Å²) in [6.07, 6.45) is 1.92. The second-order valence-electron chi connectivity index (χ2n) is 7.48. The normalized spacial score (nSPS) is 14.1. The number of benzene rings is 3. The van der Waals surface area contributed by atoms with Crippen LogP contribution >= 0.6 is 11.6 Å². The zero-order valence-corrected chi connectivity index (χ0v) is 18.7. The van der Waals surface area contributed by atoms with Crippen molar-refractivity contribution in [3.05, 3.63) is 99.3 Å². The van der Waals surface area contributed by atoms with Gasteiger partial charge in [0, 0.05) is 24.6 Å². The van der Waals surface area contributed by atoms with Gasteiger partial charge in [0.1, 0.15) is 11.6 Å². The third-order valence-corrected chi connectivity index (χ3v) is 5.63. The van der Waals surface area contributed by atoms with Gasteiger partial charge in [0.25, 0.3) is 5.91 Å². The summed E-state index contributed by atoms with van der Waals surface area (Å²) in [5.74, 6) is 5.46. The van der Waals surface area contributed by atoms with Crippen molar-refractivity contribution in [2.45, 2.75) is 6.42 Å². The SMILES string of the molecule is COc1ccc(CC#Cc2ccc3c(c2)C(=O)C(=Cc2ccc(Cl)c(F)c2)C(=O)N3C)cc1. The van der Waals surface area contributed by atoms with Gasteiger partial charge in [0.05, 0.1) is 23.4 Å². The second kappa shape index (κ2) is 9.32. The summed E-state index contributed by atoms with van der Waals surface area (Å²) in [6.45, 7) is 0. The Morgan fingerprint density at radius 3 is 2.52 bits per heavy atom. The minimum Gasteiger partial charge on any atom is -0.497 e. The predicted molar refractivity (Wildman–Crippen MR) is 127 cm³/mol. The van der Waals surface area contributed by atoms with Gasteiger partial charge in [-0.2, -0.15) is 0 Å². The maximum atomic E-state index is 13.8. The van der Waals surface area contributed by atoms with Crippen LogP contribution in [-0.2, 0) is 11.2 Å². The van der Waals surface area contributed by atoms with Crippen LogP contribution in [0.5, 0.6) is 5.75 Å². The molecule has 1 heterocycles. The monoisotopic (exact) mass is 459 g/mol. The summed E-state index contributed by atoms with van der Waals surface area (Å²) < 4.78 is 19.0. The van der Waals surface area contributed by atoms with E-state index in [4.69, 9.17) is 16.3 Å². The summed E-state index contributed by atoms with van der Waals surface area (Å²) in [5.41, 5.74) is 2.91. The Hall–Kier alpha value is -3.88. The number of rotatable bonds is 3. The molecule has 1 aliphatic heterocycles. The van der Waals surface area contributed by atoms with E-state index in [2.05, 4.69) is 11.8 Å². The molecule has 6 heteroatoms. The van der Waals surface area contributed by atoms with E-state index in [1.165, 1.54) is 23.1 Å². The molecule has 1 amide bonds. The van der Waals surface area contributed by atoms with Crippen LogP contribution < -0.4 is 9.64 Å². The number of Topliss-reactive ketones (excluding diaryl/α,β-unsaturated/α-hetero) is 1. The van der Waals surface area contributed by atoms with E-state index >= 15 is 0 Å². The van der Waals surface area contributed by atoms with Crippen molar-refractivity contribution in [2.75, 3.05) is 19.1 Å². The lowest BCUT2D eigenvalue weighted by atomic mass is 9.92. The van der Waals surface area contributed by atoms with Crippen LogP contribution in [0.3, 0.4) is 0 Å². The maximum absolute atomic E-state index is 13.8. The molecular weight excluding hydrogens is 441 g/mol. The molecule has 0 N–H and O–H groups in total. The van der Waals surface area contributed by atoms with E-state index in [9.17, 15) is 14.0 Å². The van der Waals surface area contributed by atoms with Gasteiger partial charge < -0.3 is 9.64 Å². The third-order valence-electron chi connectivity index (χ3n) is 5.32. The van der Waals surface area contributed by atoms with Gasteiger partial charge in [-0.25, -0.2) is 4.39 Å². The number of ether oxygens (including phenoxy) is 1. The summed E-state index contributed by atoms with van der Waals surface area (Å²) in [7, 11) is 3.21. The first kappa shape index (κ1) is 22.3. The number of methoxy groups -OCH3 is 1. The lowest BCUT2D eigenvalue weighted by Gasteiger charge is -2.26. The van der Waals surface area contributed by atoms with Crippen LogP contribution in [0.1, 0.15) is 27.0 Å². The fraction of sp³-hybridized carbons (Fsp3) is 0.111. The highest BCUT2D eigenvalue weighted by molar-refractivity contribution is 6.36. The summed E-state index contributed by atoms with van der Waals surface area (Å²) >= 11 is 5.73. The molecule has 0 saturated heterocycles. The molecule has 4 nitrogen and oxygen atoms in total. The number of fused-ring (bicyclic) bond motifs is 1. The number of ketones is 1.